The van der Waals surface area contributed by atoms with Crippen molar-refractivity contribution in [3.05, 3.63) is 95.6 Å². The summed E-state index contributed by atoms with van der Waals surface area (Å²) in [6, 6.07) is 26.7. The van der Waals surface area contributed by atoms with E-state index in [1.165, 1.54) is 5.56 Å². The van der Waals surface area contributed by atoms with Crippen molar-refractivity contribution in [1.29, 1.82) is 5.26 Å². The van der Waals surface area contributed by atoms with Crippen molar-refractivity contribution in [2.75, 3.05) is 5.32 Å². The van der Waals surface area contributed by atoms with Crippen LogP contribution in [0.25, 0.3) is 0 Å². The average Bonchev–Trinajstić information content (AvgIpc) is 2.74. The fourth-order valence-electron chi connectivity index (χ4n) is 2.75. The lowest BCUT2D eigenvalue weighted by Crippen LogP contribution is -2.37. The van der Waals surface area contributed by atoms with Crippen molar-refractivity contribution in [2.45, 2.75) is 23.1 Å². The third-order valence-corrected chi connectivity index (χ3v) is 5.38. The smallest absolute Gasteiger partial charge is 0.241 e. The zero-order chi connectivity index (χ0) is 19.8. The molecule has 6 heteroatoms. The number of rotatable bonds is 7. The van der Waals surface area contributed by atoms with Gasteiger partial charge in [0.1, 0.15) is 6.07 Å². The van der Waals surface area contributed by atoms with Crippen molar-refractivity contribution < 1.29 is 4.79 Å². The van der Waals surface area contributed by atoms with E-state index in [0.29, 0.717) is 17.7 Å². The molecule has 0 aromatic heterocycles. The van der Waals surface area contributed by atoms with Gasteiger partial charge in [-0.2, -0.15) is 5.26 Å². The van der Waals surface area contributed by atoms with E-state index < -0.39 is 6.04 Å². The van der Waals surface area contributed by atoms with Crippen LogP contribution in [0, 0.1) is 11.3 Å². The number of thioether (sulfide) groups is 1. The van der Waals surface area contributed by atoms with Crippen molar-refractivity contribution >= 4 is 35.8 Å². The van der Waals surface area contributed by atoms with Gasteiger partial charge >= 0.3 is 0 Å². The highest BCUT2D eigenvalue weighted by Crippen LogP contribution is 2.28. The number of anilines is 1. The SMILES string of the molecule is Cl.N#Cc1cc(NC(=O)[C@@H](N)Cc2ccccc2)ccc1SCc1ccccc1. The van der Waals surface area contributed by atoms with Gasteiger partial charge in [-0.15, -0.1) is 24.2 Å². The minimum atomic E-state index is -0.653. The first-order valence-corrected chi connectivity index (χ1v) is 9.95. The Labute approximate surface area is 181 Å². The van der Waals surface area contributed by atoms with Gasteiger partial charge in [0.15, 0.2) is 0 Å². The maximum atomic E-state index is 12.4. The maximum absolute atomic E-state index is 12.4. The summed E-state index contributed by atoms with van der Waals surface area (Å²) < 4.78 is 0. The van der Waals surface area contributed by atoms with Crippen LogP contribution in [0.15, 0.2) is 83.8 Å². The fraction of sp³-hybridized carbons (Fsp3) is 0.130. The molecule has 0 aliphatic carbocycles. The molecule has 3 aromatic rings. The number of nitriles is 1. The van der Waals surface area contributed by atoms with Gasteiger partial charge in [0.05, 0.1) is 11.6 Å². The Morgan fingerprint density at radius 1 is 1.00 bits per heavy atom. The van der Waals surface area contributed by atoms with Crippen LogP contribution in [0.3, 0.4) is 0 Å². The van der Waals surface area contributed by atoms with Gasteiger partial charge < -0.3 is 11.1 Å². The van der Waals surface area contributed by atoms with Gasteiger partial charge in [0, 0.05) is 16.3 Å². The van der Waals surface area contributed by atoms with Gasteiger partial charge in [-0.25, -0.2) is 0 Å². The lowest BCUT2D eigenvalue weighted by Gasteiger charge is -2.13. The predicted molar refractivity (Wildman–Crippen MR) is 121 cm³/mol. The number of benzene rings is 3. The molecule has 0 bridgehead atoms. The minimum Gasteiger partial charge on any atom is -0.325 e. The molecule has 4 nitrogen and oxygen atoms in total. The van der Waals surface area contributed by atoms with E-state index in [2.05, 4.69) is 23.5 Å². The molecule has 0 radical (unpaired) electrons. The number of carbonyl (C=O) groups excluding carboxylic acids is 1. The second kappa shape index (κ2) is 11.3. The summed E-state index contributed by atoms with van der Waals surface area (Å²) in [5.41, 5.74) is 9.35. The van der Waals surface area contributed by atoms with E-state index in [1.807, 2.05) is 54.6 Å². The number of amides is 1. The number of nitrogens with zero attached hydrogens (tertiary/aromatic N) is 1. The summed E-state index contributed by atoms with van der Waals surface area (Å²) in [6.07, 6.45) is 0.461. The molecule has 0 saturated heterocycles. The highest BCUT2D eigenvalue weighted by atomic mass is 35.5. The monoisotopic (exact) mass is 423 g/mol. The molecule has 0 unspecified atom stereocenters. The zero-order valence-corrected chi connectivity index (χ0v) is 17.4. The lowest BCUT2D eigenvalue weighted by molar-refractivity contribution is -0.117. The molecule has 0 aliphatic heterocycles. The van der Waals surface area contributed by atoms with Crippen LogP contribution < -0.4 is 11.1 Å². The molecule has 0 saturated carbocycles. The Balaban J connectivity index is 0.00000300. The highest BCUT2D eigenvalue weighted by Gasteiger charge is 2.15. The van der Waals surface area contributed by atoms with Crippen molar-refractivity contribution in [3.8, 4) is 6.07 Å². The van der Waals surface area contributed by atoms with Gasteiger partial charge in [-0.05, 0) is 35.7 Å². The second-order valence-electron chi connectivity index (χ2n) is 6.38. The number of nitrogens with one attached hydrogen (secondary N) is 1. The molecule has 1 amide bonds. The highest BCUT2D eigenvalue weighted by molar-refractivity contribution is 7.98. The van der Waals surface area contributed by atoms with Crippen molar-refractivity contribution in [2.24, 2.45) is 5.73 Å². The van der Waals surface area contributed by atoms with Gasteiger partial charge in [-0.1, -0.05) is 60.7 Å². The normalized spacial score (nSPS) is 11.0. The number of halogens is 1. The van der Waals surface area contributed by atoms with E-state index in [-0.39, 0.29) is 18.3 Å². The molecule has 3 N–H and O–H groups in total. The van der Waals surface area contributed by atoms with Crippen LogP contribution in [-0.2, 0) is 17.0 Å². The lowest BCUT2D eigenvalue weighted by atomic mass is 10.1. The summed E-state index contributed by atoms with van der Waals surface area (Å²) in [5, 5.41) is 12.3. The van der Waals surface area contributed by atoms with Gasteiger partial charge in [0.2, 0.25) is 5.91 Å². The molecular formula is C23H22ClN3OS. The third kappa shape index (κ3) is 6.65. The largest absolute Gasteiger partial charge is 0.325 e. The Hall–Kier alpha value is -2.78. The standard InChI is InChI=1S/C23H21N3OS.ClH/c24-15-19-14-20(11-12-22(19)28-16-18-9-5-2-6-10-18)26-23(27)21(25)13-17-7-3-1-4-8-17;/h1-12,14,21H,13,16,25H2,(H,26,27);1H/t21-;/m0./s1. The summed E-state index contributed by atoms with van der Waals surface area (Å²) in [4.78, 5) is 13.3. The summed E-state index contributed by atoms with van der Waals surface area (Å²) in [5.74, 6) is 0.515. The zero-order valence-electron chi connectivity index (χ0n) is 15.7. The number of hydrogen-bond acceptors (Lipinski definition) is 4. The average molecular weight is 424 g/mol. The van der Waals surface area contributed by atoms with Crippen molar-refractivity contribution in [1.82, 2.24) is 0 Å². The molecule has 29 heavy (non-hydrogen) atoms. The summed E-state index contributed by atoms with van der Waals surface area (Å²) >= 11 is 1.60. The molecule has 148 valence electrons. The van der Waals surface area contributed by atoms with E-state index in [9.17, 15) is 10.1 Å². The van der Waals surface area contributed by atoms with E-state index >= 15 is 0 Å². The van der Waals surface area contributed by atoms with E-state index in [0.717, 1.165) is 16.2 Å². The van der Waals surface area contributed by atoms with E-state index in [1.54, 1.807) is 23.9 Å². The Bertz CT molecular complexity index is 974. The Morgan fingerprint density at radius 3 is 2.24 bits per heavy atom. The number of nitrogens with two attached hydrogens (primary N) is 1. The molecular weight excluding hydrogens is 402 g/mol. The fourth-order valence-corrected chi connectivity index (χ4v) is 3.69. The Kier molecular flexibility index (Phi) is 8.75. The first-order chi connectivity index (χ1) is 13.7. The number of carbonyl (C=O) groups is 1. The van der Waals surface area contributed by atoms with Crippen LogP contribution >= 0.6 is 24.2 Å². The molecule has 0 fully saturated rings. The van der Waals surface area contributed by atoms with Crippen LogP contribution in [0.4, 0.5) is 5.69 Å². The molecule has 0 aliphatic rings. The molecule has 0 heterocycles. The van der Waals surface area contributed by atoms with Crippen LogP contribution in [0.5, 0.6) is 0 Å². The molecule has 3 rings (SSSR count). The first-order valence-electron chi connectivity index (χ1n) is 8.97. The van der Waals surface area contributed by atoms with Crippen molar-refractivity contribution in [3.63, 3.8) is 0 Å². The van der Waals surface area contributed by atoms with Crippen LogP contribution in [0.1, 0.15) is 16.7 Å². The van der Waals surface area contributed by atoms with Gasteiger partial charge in [-0.3, -0.25) is 4.79 Å². The van der Waals surface area contributed by atoms with Crippen LogP contribution in [-0.4, -0.2) is 11.9 Å². The van der Waals surface area contributed by atoms with Gasteiger partial charge in [0.25, 0.3) is 0 Å². The first kappa shape index (κ1) is 22.5. The number of hydrogen-bond donors (Lipinski definition) is 2. The topological polar surface area (TPSA) is 78.9 Å². The molecule has 1 atom stereocenters. The quantitative estimate of drug-likeness (QED) is 0.536. The summed E-state index contributed by atoms with van der Waals surface area (Å²) in [6.45, 7) is 0. The molecule has 3 aromatic carbocycles. The van der Waals surface area contributed by atoms with E-state index in [4.69, 9.17) is 5.73 Å². The third-order valence-electron chi connectivity index (χ3n) is 4.24. The van der Waals surface area contributed by atoms with Crippen LogP contribution in [0.2, 0.25) is 0 Å². The molecule has 0 spiro atoms. The maximum Gasteiger partial charge on any atom is 0.241 e. The predicted octanol–water partition coefficient (Wildman–Crippen LogP) is 4.78. The Morgan fingerprint density at radius 2 is 1.62 bits per heavy atom. The summed E-state index contributed by atoms with van der Waals surface area (Å²) in [7, 11) is 0. The minimum absolute atomic E-state index is 0. The second-order valence-corrected chi connectivity index (χ2v) is 7.40.